The van der Waals surface area contributed by atoms with Crippen molar-refractivity contribution < 1.29 is 9.13 Å². The summed E-state index contributed by atoms with van der Waals surface area (Å²) >= 11 is 11.9. The molecule has 1 atom stereocenters. The van der Waals surface area contributed by atoms with Crippen molar-refractivity contribution in [1.29, 1.82) is 0 Å². The Morgan fingerprint density at radius 2 is 1.90 bits per heavy atom. The van der Waals surface area contributed by atoms with E-state index in [0.29, 0.717) is 15.6 Å². The Kier molecular flexibility index (Phi) is 4.86. The normalized spacial score (nSPS) is 12.2. The molecule has 0 radical (unpaired) electrons. The number of methoxy groups -OCH3 is 1. The topological polar surface area (TPSA) is 21.3 Å². The SMILES string of the molecule is CNC(c1ccc(Cl)c(Cl)c1)c1cccc(OC)c1F. The summed E-state index contributed by atoms with van der Waals surface area (Å²) in [6.45, 7) is 0. The highest BCUT2D eigenvalue weighted by molar-refractivity contribution is 6.42. The minimum Gasteiger partial charge on any atom is -0.494 e. The van der Waals surface area contributed by atoms with Crippen LogP contribution in [0.15, 0.2) is 36.4 Å². The molecule has 106 valence electrons. The van der Waals surface area contributed by atoms with Crippen LogP contribution >= 0.6 is 23.2 Å². The minimum absolute atomic E-state index is 0.211. The van der Waals surface area contributed by atoms with Gasteiger partial charge in [-0.05, 0) is 30.8 Å². The third-order valence-corrected chi connectivity index (χ3v) is 3.83. The molecular weight excluding hydrogens is 300 g/mol. The van der Waals surface area contributed by atoms with Crippen molar-refractivity contribution in [3.8, 4) is 5.75 Å². The third kappa shape index (κ3) is 2.90. The number of rotatable bonds is 4. The maximum absolute atomic E-state index is 14.4. The number of hydrogen-bond acceptors (Lipinski definition) is 2. The summed E-state index contributed by atoms with van der Waals surface area (Å²) in [5, 5.41) is 3.98. The van der Waals surface area contributed by atoms with Crippen molar-refractivity contribution in [2.45, 2.75) is 6.04 Å². The summed E-state index contributed by atoms with van der Waals surface area (Å²) in [6, 6.07) is 9.95. The Morgan fingerprint density at radius 1 is 1.15 bits per heavy atom. The van der Waals surface area contributed by atoms with E-state index in [1.165, 1.54) is 7.11 Å². The molecule has 0 fully saturated rings. The van der Waals surface area contributed by atoms with Crippen LogP contribution in [0.5, 0.6) is 5.75 Å². The Labute approximate surface area is 127 Å². The number of ether oxygens (including phenoxy) is 1. The summed E-state index contributed by atoms with van der Waals surface area (Å²) in [4.78, 5) is 0. The quantitative estimate of drug-likeness (QED) is 0.900. The molecule has 0 spiro atoms. The molecule has 0 heterocycles. The Bertz CT molecular complexity index is 619. The number of nitrogens with one attached hydrogen (secondary N) is 1. The molecule has 0 aliphatic rings. The monoisotopic (exact) mass is 313 g/mol. The second-order valence-electron chi connectivity index (χ2n) is 4.26. The largest absolute Gasteiger partial charge is 0.494 e. The van der Waals surface area contributed by atoms with Crippen LogP contribution in [0.25, 0.3) is 0 Å². The zero-order valence-corrected chi connectivity index (χ0v) is 12.6. The van der Waals surface area contributed by atoms with Crippen molar-refractivity contribution in [3.05, 3.63) is 63.4 Å². The van der Waals surface area contributed by atoms with Crippen LogP contribution in [0.2, 0.25) is 10.0 Å². The van der Waals surface area contributed by atoms with Gasteiger partial charge >= 0.3 is 0 Å². The zero-order valence-electron chi connectivity index (χ0n) is 11.1. The van der Waals surface area contributed by atoms with Crippen LogP contribution < -0.4 is 10.1 Å². The first-order valence-corrected chi connectivity index (χ1v) is 6.78. The number of hydrogen-bond donors (Lipinski definition) is 1. The van der Waals surface area contributed by atoms with Gasteiger partial charge in [0.1, 0.15) is 0 Å². The number of halogens is 3. The fourth-order valence-corrected chi connectivity index (χ4v) is 2.41. The van der Waals surface area contributed by atoms with E-state index in [-0.39, 0.29) is 17.6 Å². The molecule has 0 amide bonds. The van der Waals surface area contributed by atoms with E-state index in [9.17, 15) is 4.39 Å². The first kappa shape index (κ1) is 15.1. The molecule has 0 aliphatic heterocycles. The molecule has 1 unspecified atom stereocenters. The first-order chi connectivity index (χ1) is 9.58. The lowest BCUT2D eigenvalue weighted by atomic mass is 9.98. The van der Waals surface area contributed by atoms with E-state index in [1.54, 1.807) is 37.4 Å². The second kappa shape index (κ2) is 6.44. The number of benzene rings is 2. The molecule has 0 aliphatic carbocycles. The zero-order chi connectivity index (χ0) is 14.7. The van der Waals surface area contributed by atoms with Crippen LogP contribution in [-0.2, 0) is 0 Å². The van der Waals surface area contributed by atoms with Crippen molar-refractivity contribution in [3.63, 3.8) is 0 Å². The summed E-state index contributed by atoms with van der Waals surface area (Å²) in [5.74, 6) is -0.178. The van der Waals surface area contributed by atoms with Gasteiger partial charge in [0.2, 0.25) is 0 Å². The van der Waals surface area contributed by atoms with E-state index in [1.807, 2.05) is 6.07 Å². The van der Waals surface area contributed by atoms with Gasteiger partial charge in [0.05, 0.1) is 23.2 Å². The maximum atomic E-state index is 14.4. The van der Waals surface area contributed by atoms with Gasteiger partial charge in [0.15, 0.2) is 11.6 Å². The van der Waals surface area contributed by atoms with E-state index in [2.05, 4.69) is 5.32 Å². The highest BCUT2D eigenvalue weighted by atomic mass is 35.5. The van der Waals surface area contributed by atoms with Crippen LogP contribution in [0.4, 0.5) is 4.39 Å². The summed E-state index contributed by atoms with van der Waals surface area (Å²) in [7, 11) is 3.20. The molecule has 2 aromatic rings. The summed E-state index contributed by atoms with van der Waals surface area (Å²) in [5.41, 5.74) is 1.32. The fourth-order valence-electron chi connectivity index (χ4n) is 2.10. The van der Waals surface area contributed by atoms with Gasteiger partial charge in [-0.2, -0.15) is 0 Å². The van der Waals surface area contributed by atoms with Crippen molar-refractivity contribution in [2.75, 3.05) is 14.2 Å². The molecule has 0 aromatic heterocycles. The third-order valence-electron chi connectivity index (χ3n) is 3.09. The first-order valence-electron chi connectivity index (χ1n) is 6.03. The smallest absolute Gasteiger partial charge is 0.170 e. The van der Waals surface area contributed by atoms with Gasteiger partial charge in [0, 0.05) is 5.56 Å². The van der Waals surface area contributed by atoms with Gasteiger partial charge in [-0.3, -0.25) is 0 Å². The predicted octanol–water partition coefficient (Wildman–Crippen LogP) is 4.45. The van der Waals surface area contributed by atoms with Crippen molar-refractivity contribution in [1.82, 2.24) is 5.32 Å². The van der Waals surface area contributed by atoms with Crippen LogP contribution in [0, 0.1) is 5.82 Å². The Morgan fingerprint density at radius 3 is 2.50 bits per heavy atom. The van der Waals surface area contributed by atoms with E-state index in [4.69, 9.17) is 27.9 Å². The van der Waals surface area contributed by atoms with E-state index in [0.717, 1.165) is 5.56 Å². The van der Waals surface area contributed by atoms with E-state index < -0.39 is 0 Å². The molecule has 0 saturated carbocycles. The fraction of sp³-hybridized carbons (Fsp3) is 0.200. The Hall–Kier alpha value is -1.29. The molecule has 0 bridgehead atoms. The average molecular weight is 314 g/mol. The van der Waals surface area contributed by atoms with Gasteiger partial charge in [-0.25, -0.2) is 4.39 Å². The lowest BCUT2D eigenvalue weighted by Gasteiger charge is -2.19. The molecule has 2 nitrogen and oxygen atoms in total. The van der Waals surface area contributed by atoms with Crippen molar-refractivity contribution >= 4 is 23.2 Å². The molecule has 1 N–H and O–H groups in total. The minimum atomic E-state index is -0.388. The second-order valence-corrected chi connectivity index (χ2v) is 5.07. The van der Waals surface area contributed by atoms with Crippen LogP contribution in [0.1, 0.15) is 17.2 Å². The summed E-state index contributed by atoms with van der Waals surface area (Å²) < 4.78 is 19.4. The maximum Gasteiger partial charge on any atom is 0.170 e. The van der Waals surface area contributed by atoms with Gasteiger partial charge < -0.3 is 10.1 Å². The lowest BCUT2D eigenvalue weighted by molar-refractivity contribution is 0.382. The highest BCUT2D eigenvalue weighted by Gasteiger charge is 2.19. The van der Waals surface area contributed by atoms with Crippen LogP contribution in [0.3, 0.4) is 0 Å². The molecule has 20 heavy (non-hydrogen) atoms. The van der Waals surface area contributed by atoms with E-state index >= 15 is 0 Å². The predicted molar refractivity (Wildman–Crippen MR) is 80.3 cm³/mol. The molecular formula is C15H14Cl2FNO. The van der Waals surface area contributed by atoms with Crippen LogP contribution in [-0.4, -0.2) is 14.2 Å². The Balaban J connectivity index is 2.49. The molecule has 2 aromatic carbocycles. The highest BCUT2D eigenvalue weighted by Crippen LogP contribution is 2.32. The van der Waals surface area contributed by atoms with Crippen molar-refractivity contribution in [2.24, 2.45) is 0 Å². The van der Waals surface area contributed by atoms with Gasteiger partial charge in [-0.1, -0.05) is 41.4 Å². The molecule has 0 saturated heterocycles. The van der Waals surface area contributed by atoms with Gasteiger partial charge in [0.25, 0.3) is 0 Å². The van der Waals surface area contributed by atoms with Gasteiger partial charge in [-0.15, -0.1) is 0 Å². The molecule has 2 rings (SSSR count). The average Bonchev–Trinajstić information content (AvgIpc) is 2.45. The standard InChI is InChI=1S/C15H14Cl2FNO/c1-19-15(9-6-7-11(16)12(17)8-9)10-4-3-5-13(20-2)14(10)18/h3-8,15,19H,1-2H3. The molecule has 5 heteroatoms. The lowest BCUT2D eigenvalue weighted by Crippen LogP contribution is -2.19. The summed E-state index contributed by atoms with van der Waals surface area (Å²) in [6.07, 6.45) is 0.